The predicted octanol–water partition coefficient (Wildman–Crippen LogP) is 9.27. The second kappa shape index (κ2) is 15.0. The molecule has 17 heteroatoms. The van der Waals surface area contributed by atoms with Crippen molar-refractivity contribution in [1.82, 2.24) is 4.98 Å². The molecule has 1 amide bonds. The van der Waals surface area contributed by atoms with E-state index < -0.39 is 71.5 Å². The number of amides is 1. The van der Waals surface area contributed by atoms with Crippen molar-refractivity contribution in [2.75, 3.05) is 23.0 Å². The first kappa shape index (κ1) is 38.1. The van der Waals surface area contributed by atoms with E-state index in [-0.39, 0.29) is 67.8 Å². The quantitative estimate of drug-likeness (QED) is 0.156. The molecule has 272 valence electrons. The van der Waals surface area contributed by atoms with Crippen molar-refractivity contribution in [1.29, 1.82) is 0 Å². The second-order valence-electron chi connectivity index (χ2n) is 11.4. The molecule has 8 nitrogen and oxygen atoms in total. The number of carboxylic acid groups (broad SMARTS) is 1. The van der Waals surface area contributed by atoms with Crippen LogP contribution in [-0.4, -0.2) is 41.4 Å². The van der Waals surface area contributed by atoms with Crippen LogP contribution in [-0.2, 0) is 34.6 Å². The molecule has 1 N–H and O–H groups in total. The van der Waals surface area contributed by atoms with E-state index in [1.165, 1.54) is 35.1 Å². The van der Waals surface area contributed by atoms with Crippen LogP contribution in [0, 0.1) is 0 Å². The van der Waals surface area contributed by atoms with Gasteiger partial charge in [-0.1, -0.05) is 6.92 Å². The third-order valence-electron chi connectivity index (χ3n) is 7.96. The van der Waals surface area contributed by atoms with Crippen molar-refractivity contribution in [2.24, 2.45) is 0 Å². The average molecular weight is 722 g/mol. The number of hydrogen-bond donors (Lipinski definition) is 1. The number of aromatic nitrogens is 1. The van der Waals surface area contributed by atoms with E-state index in [2.05, 4.69) is 4.98 Å². The lowest BCUT2D eigenvalue weighted by molar-refractivity contribution is -0.143. The van der Waals surface area contributed by atoms with Gasteiger partial charge in [-0.2, -0.15) is 39.5 Å². The minimum atomic E-state index is -5.16. The van der Waals surface area contributed by atoms with E-state index in [0.717, 1.165) is 18.2 Å². The number of nitrogens with zero attached hydrogens (tertiary/aromatic N) is 3. The maximum absolute atomic E-state index is 14.0. The van der Waals surface area contributed by atoms with Crippen LogP contribution in [0.1, 0.15) is 73.4 Å². The number of halogens is 9. The van der Waals surface area contributed by atoms with Crippen molar-refractivity contribution in [3.05, 3.63) is 82.5 Å². The maximum atomic E-state index is 14.0. The summed E-state index contributed by atoms with van der Waals surface area (Å²) in [5.74, 6) is -0.933. The smallest absolute Gasteiger partial charge is 0.416 e. The molecular formula is C33H32F9N3O5. The minimum absolute atomic E-state index is 0.0143. The molecule has 0 radical (unpaired) electrons. The highest BCUT2D eigenvalue weighted by molar-refractivity contribution is 5.90. The maximum Gasteiger partial charge on any atom is 0.416 e. The summed E-state index contributed by atoms with van der Waals surface area (Å²) in [5, 5.41) is 8.83. The van der Waals surface area contributed by atoms with Gasteiger partial charge in [0.2, 0.25) is 0 Å². The van der Waals surface area contributed by atoms with Crippen LogP contribution in [0.25, 0.3) is 0 Å². The van der Waals surface area contributed by atoms with Crippen LogP contribution >= 0.6 is 0 Å². The summed E-state index contributed by atoms with van der Waals surface area (Å²) < 4.78 is 136. The van der Waals surface area contributed by atoms with Crippen LogP contribution in [0.5, 0.6) is 5.75 Å². The number of hydrogen-bond acceptors (Lipinski definition) is 6. The molecular weight excluding hydrogens is 689 g/mol. The van der Waals surface area contributed by atoms with Crippen molar-refractivity contribution in [3.8, 4) is 5.75 Å². The van der Waals surface area contributed by atoms with Gasteiger partial charge in [0.05, 0.1) is 47.8 Å². The summed E-state index contributed by atoms with van der Waals surface area (Å²) in [6, 6.07) is 4.50. The van der Waals surface area contributed by atoms with Crippen molar-refractivity contribution >= 4 is 23.6 Å². The normalized spacial score (nSPS) is 16.5. The molecule has 0 unspecified atom stereocenters. The summed E-state index contributed by atoms with van der Waals surface area (Å²) in [4.78, 5) is 30.7. The van der Waals surface area contributed by atoms with Gasteiger partial charge >= 0.3 is 30.6 Å². The van der Waals surface area contributed by atoms with Gasteiger partial charge in [-0.25, -0.2) is 9.78 Å². The Morgan fingerprint density at radius 1 is 0.900 bits per heavy atom. The number of rotatable bonds is 11. The predicted molar refractivity (Wildman–Crippen MR) is 162 cm³/mol. The number of fused-ring (bicyclic) bond motifs is 1. The number of aliphatic carboxylic acids is 1. The standard InChI is InChI=1S/C33H32F9N3O5/c1-3-23-16-27(25-15-20(31(34,35)36)7-9-26(25)45(23)30(48)49-4-2)44(28-10-8-24(17-43-28)50-11-5-6-29(46)47)18-19-12-21(32(37,38)39)14-22(13-19)33(40,41)42/h7-10,12-15,17,23,27H,3-6,11,16,18H2,1-2H3,(H,46,47)/t23-,27+/m1/s1. The molecule has 1 aliphatic heterocycles. The highest BCUT2D eigenvalue weighted by atomic mass is 19.4. The molecule has 0 spiro atoms. The van der Waals surface area contributed by atoms with Crippen LogP contribution < -0.4 is 14.5 Å². The van der Waals surface area contributed by atoms with Crippen LogP contribution in [0.3, 0.4) is 0 Å². The van der Waals surface area contributed by atoms with Gasteiger partial charge in [0.15, 0.2) is 0 Å². The Morgan fingerprint density at radius 2 is 1.54 bits per heavy atom. The zero-order chi connectivity index (χ0) is 37.0. The van der Waals surface area contributed by atoms with E-state index in [9.17, 15) is 49.1 Å². The summed E-state index contributed by atoms with van der Waals surface area (Å²) in [5.41, 5.74) is -4.79. The SMILES string of the molecule is CCOC(=O)N1c2ccc(C(F)(F)F)cc2[C@@H](N(Cc2cc(C(F)(F)F)cc(C(F)(F)F)c2)c2ccc(OCCCC(=O)O)cn2)C[C@H]1CC. The van der Waals surface area contributed by atoms with Crippen LogP contribution in [0.15, 0.2) is 54.7 Å². The Hall–Kier alpha value is -4.70. The number of ether oxygens (including phenoxy) is 2. The lowest BCUT2D eigenvalue weighted by Gasteiger charge is -2.44. The molecule has 2 aromatic carbocycles. The highest BCUT2D eigenvalue weighted by Gasteiger charge is 2.42. The van der Waals surface area contributed by atoms with Gasteiger partial charge in [-0.3, -0.25) is 9.69 Å². The topological polar surface area (TPSA) is 92.2 Å². The fourth-order valence-electron chi connectivity index (χ4n) is 5.69. The van der Waals surface area contributed by atoms with E-state index in [1.54, 1.807) is 6.92 Å². The largest absolute Gasteiger partial charge is 0.492 e. The molecule has 0 saturated heterocycles. The average Bonchev–Trinajstić information content (AvgIpc) is 3.03. The summed E-state index contributed by atoms with van der Waals surface area (Å²) in [6.07, 6.45) is -14.7. The van der Waals surface area contributed by atoms with Gasteiger partial charge in [0.1, 0.15) is 11.6 Å². The Balaban J connectivity index is 1.90. The molecule has 0 bridgehead atoms. The molecule has 0 saturated carbocycles. The van der Waals surface area contributed by atoms with Crippen molar-refractivity contribution < 1.29 is 63.7 Å². The minimum Gasteiger partial charge on any atom is -0.492 e. The monoisotopic (exact) mass is 721 g/mol. The van der Waals surface area contributed by atoms with Crippen molar-refractivity contribution in [2.45, 2.75) is 76.7 Å². The Labute approximate surface area is 280 Å². The Bertz CT molecular complexity index is 1630. The molecule has 0 aliphatic carbocycles. The first-order valence-corrected chi connectivity index (χ1v) is 15.4. The molecule has 1 aliphatic rings. The fourth-order valence-corrected chi connectivity index (χ4v) is 5.69. The second-order valence-corrected chi connectivity index (χ2v) is 11.4. The van der Waals surface area contributed by atoms with E-state index in [1.807, 2.05) is 0 Å². The van der Waals surface area contributed by atoms with Gasteiger partial charge < -0.3 is 19.5 Å². The first-order valence-electron chi connectivity index (χ1n) is 15.4. The summed E-state index contributed by atoms with van der Waals surface area (Å²) in [7, 11) is 0. The summed E-state index contributed by atoms with van der Waals surface area (Å²) >= 11 is 0. The van der Waals surface area contributed by atoms with Gasteiger partial charge in [-0.15, -0.1) is 0 Å². The Morgan fingerprint density at radius 3 is 2.06 bits per heavy atom. The number of carbonyl (C=O) groups excluding carboxylic acids is 1. The lowest BCUT2D eigenvalue weighted by Crippen LogP contribution is -2.48. The highest BCUT2D eigenvalue weighted by Crippen LogP contribution is 2.46. The van der Waals surface area contributed by atoms with E-state index in [0.29, 0.717) is 12.1 Å². The van der Waals surface area contributed by atoms with Crippen LogP contribution in [0.4, 0.5) is 55.8 Å². The zero-order valence-corrected chi connectivity index (χ0v) is 26.6. The molecule has 1 aromatic heterocycles. The zero-order valence-electron chi connectivity index (χ0n) is 26.6. The fraction of sp³-hybridized carbons (Fsp3) is 0.424. The number of alkyl halides is 9. The first-order chi connectivity index (χ1) is 23.3. The van der Waals surface area contributed by atoms with Gasteiger partial charge in [0.25, 0.3) is 0 Å². The third-order valence-corrected chi connectivity index (χ3v) is 7.96. The molecule has 0 fully saturated rings. The number of carboxylic acids is 1. The molecule has 2 atom stereocenters. The van der Waals surface area contributed by atoms with Gasteiger partial charge in [0, 0.05) is 19.0 Å². The molecule has 50 heavy (non-hydrogen) atoms. The van der Waals surface area contributed by atoms with E-state index >= 15 is 0 Å². The number of anilines is 2. The molecule has 3 aromatic rings. The number of benzene rings is 2. The number of carbonyl (C=O) groups is 2. The molecule has 4 rings (SSSR count). The molecule has 2 heterocycles. The number of pyridine rings is 1. The van der Waals surface area contributed by atoms with Crippen LogP contribution in [0.2, 0.25) is 0 Å². The Kier molecular flexibility index (Phi) is 11.5. The summed E-state index contributed by atoms with van der Waals surface area (Å²) in [6.45, 7) is 2.50. The van der Waals surface area contributed by atoms with Gasteiger partial charge in [-0.05, 0) is 85.8 Å². The van der Waals surface area contributed by atoms with Crippen molar-refractivity contribution in [3.63, 3.8) is 0 Å². The van der Waals surface area contributed by atoms with E-state index in [4.69, 9.17) is 14.6 Å². The third kappa shape index (κ3) is 9.09. The lowest BCUT2D eigenvalue weighted by atomic mass is 9.87.